The molecule has 0 bridgehead atoms. The van der Waals surface area contributed by atoms with Crippen LogP contribution in [0.15, 0.2) is 29.3 Å². The number of carboxylic acid groups (broad SMARTS) is 1. The first kappa shape index (κ1) is 30.2. The zero-order chi connectivity index (χ0) is 27.4. The number of nitrogens with one attached hydrogen (secondary N) is 3. The van der Waals surface area contributed by atoms with Crippen molar-refractivity contribution in [2.45, 2.75) is 64.2 Å². The summed E-state index contributed by atoms with van der Waals surface area (Å²) in [5.74, 6) is -3.56. The van der Waals surface area contributed by atoms with Gasteiger partial charge in [0.2, 0.25) is 17.7 Å². The summed E-state index contributed by atoms with van der Waals surface area (Å²) in [6.07, 6.45) is 0.768. The number of hydrogen-bond acceptors (Lipinski definition) is 7. The van der Waals surface area contributed by atoms with E-state index in [1.54, 1.807) is 26.0 Å². The largest absolute Gasteiger partial charge is 0.508 e. The molecule has 0 fully saturated rings. The molecule has 0 aromatic heterocycles. The van der Waals surface area contributed by atoms with Crippen molar-refractivity contribution in [3.05, 3.63) is 29.8 Å². The van der Waals surface area contributed by atoms with Crippen molar-refractivity contribution in [1.82, 2.24) is 16.0 Å². The van der Waals surface area contributed by atoms with Gasteiger partial charge in [-0.15, -0.1) is 0 Å². The van der Waals surface area contributed by atoms with E-state index in [1.807, 2.05) is 0 Å². The van der Waals surface area contributed by atoms with Crippen LogP contribution in [0, 0.1) is 5.92 Å². The van der Waals surface area contributed by atoms with Crippen LogP contribution in [0.1, 0.15) is 39.2 Å². The fourth-order valence-electron chi connectivity index (χ4n) is 3.18. The second kappa shape index (κ2) is 14.5. The number of benzene rings is 1. The second-order valence-corrected chi connectivity index (χ2v) is 8.79. The van der Waals surface area contributed by atoms with Gasteiger partial charge in [0.25, 0.3) is 0 Å². The number of hydrogen-bond donors (Lipinski definition) is 8. The van der Waals surface area contributed by atoms with Gasteiger partial charge >= 0.3 is 5.97 Å². The average Bonchev–Trinajstić information content (AvgIpc) is 2.80. The van der Waals surface area contributed by atoms with Crippen LogP contribution in [-0.2, 0) is 25.6 Å². The quantitative estimate of drug-likeness (QED) is 0.0832. The van der Waals surface area contributed by atoms with E-state index in [9.17, 15) is 29.4 Å². The van der Waals surface area contributed by atoms with E-state index >= 15 is 0 Å². The van der Waals surface area contributed by atoms with Crippen molar-refractivity contribution in [3.63, 3.8) is 0 Å². The van der Waals surface area contributed by atoms with Crippen LogP contribution in [0.2, 0.25) is 0 Å². The van der Waals surface area contributed by atoms with Crippen molar-refractivity contribution >= 4 is 29.7 Å². The van der Waals surface area contributed by atoms with Gasteiger partial charge in [-0.2, -0.15) is 0 Å². The number of carboxylic acids is 1. The van der Waals surface area contributed by atoms with E-state index in [0.717, 1.165) is 0 Å². The normalized spacial score (nSPS) is 14.1. The zero-order valence-electron chi connectivity index (χ0n) is 20.7. The molecule has 0 aliphatic rings. The minimum absolute atomic E-state index is 0.0211. The Hall–Kier alpha value is -3.87. The highest BCUT2D eigenvalue weighted by Crippen LogP contribution is 2.12. The van der Waals surface area contributed by atoms with Crippen molar-refractivity contribution in [1.29, 1.82) is 0 Å². The minimum atomic E-state index is -1.21. The number of carbonyl (C=O) groups excluding carboxylic acids is 3. The van der Waals surface area contributed by atoms with Crippen LogP contribution in [0.4, 0.5) is 0 Å². The lowest BCUT2D eigenvalue weighted by atomic mass is 10.0. The number of carbonyl (C=O) groups is 4. The molecule has 0 saturated heterocycles. The third-order valence-corrected chi connectivity index (χ3v) is 5.30. The summed E-state index contributed by atoms with van der Waals surface area (Å²) < 4.78 is 0. The molecule has 0 spiro atoms. The molecule has 200 valence electrons. The smallest absolute Gasteiger partial charge is 0.326 e. The van der Waals surface area contributed by atoms with Crippen LogP contribution in [0.3, 0.4) is 0 Å². The number of aliphatic carboxylic acids is 1. The summed E-state index contributed by atoms with van der Waals surface area (Å²) in [5, 5.41) is 26.4. The van der Waals surface area contributed by atoms with E-state index < -0.39 is 53.8 Å². The van der Waals surface area contributed by atoms with E-state index in [4.69, 9.17) is 17.2 Å². The number of aliphatic imine (C=N–C) groups is 1. The summed E-state index contributed by atoms with van der Waals surface area (Å²) in [7, 11) is 0. The lowest BCUT2D eigenvalue weighted by Crippen LogP contribution is -2.57. The number of nitrogens with zero attached hydrogens (tertiary/aromatic N) is 1. The Morgan fingerprint density at radius 2 is 1.56 bits per heavy atom. The van der Waals surface area contributed by atoms with Gasteiger partial charge in [-0.05, 0) is 43.4 Å². The molecule has 0 aliphatic heterocycles. The summed E-state index contributed by atoms with van der Waals surface area (Å²) in [4.78, 5) is 53.4. The topological polar surface area (TPSA) is 235 Å². The van der Waals surface area contributed by atoms with Crippen LogP contribution in [-0.4, -0.2) is 70.6 Å². The molecule has 0 saturated carbocycles. The Labute approximate surface area is 209 Å². The van der Waals surface area contributed by atoms with Gasteiger partial charge in [0.15, 0.2) is 5.96 Å². The average molecular weight is 508 g/mol. The minimum Gasteiger partial charge on any atom is -0.508 e. The Bertz CT molecular complexity index is 931. The Morgan fingerprint density at radius 1 is 0.944 bits per heavy atom. The predicted octanol–water partition coefficient (Wildman–Crippen LogP) is -1.47. The van der Waals surface area contributed by atoms with E-state index in [1.165, 1.54) is 19.1 Å². The van der Waals surface area contributed by atoms with Gasteiger partial charge < -0.3 is 43.4 Å². The standard InChI is InChI=1S/C23H37N7O6/c1-12(2)18(22(35)36)30-21(34)17(11-14-6-8-15(31)9-7-14)29-19(32)13(3)28-20(33)16(24)5-4-10-27-23(25)26/h6-9,12-13,16-18,31H,4-5,10-11,24H2,1-3H3,(H,28,33)(H,29,32)(H,30,34)(H,35,36)(H4,25,26,27). The highest BCUT2D eigenvalue weighted by molar-refractivity contribution is 5.94. The molecule has 11 N–H and O–H groups in total. The highest BCUT2D eigenvalue weighted by Gasteiger charge is 2.30. The number of nitrogens with two attached hydrogens (primary N) is 3. The molecule has 1 aromatic rings. The Morgan fingerprint density at radius 3 is 2.08 bits per heavy atom. The van der Waals surface area contributed by atoms with E-state index in [2.05, 4.69) is 20.9 Å². The maximum absolute atomic E-state index is 12.9. The number of rotatable bonds is 14. The fraction of sp³-hybridized carbons (Fsp3) is 0.522. The first-order valence-electron chi connectivity index (χ1n) is 11.5. The summed E-state index contributed by atoms with van der Waals surface area (Å²) in [5.41, 5.74) is 17.0. The molecular formula is C23H37N7O6. The lowest BCUT2D eigenvalue weighted by molar-refractivity contribution is -0.143. The fourth-order valence-corrected chi connectivity index (χ4v) is 3.18. The van der Waals surface area contributed by atoms with Crippen LogP contribution in [0.5, 0.6) is 5.75 Å². The monoisotopic (exact) mass is 507 g/mol. The van der Waals surface area contributed by atoms with Gasteiger partial charge in [0.05, 0.1) is 6.04 Å². The van der Waals surface area contributed by atoms with Crippen LogP contribution >= 0.6 is 0 Å². The van der Waals surface area contributed by atoms with Crippen molar-refractivity contribution in [3.8, 4) is 5.75 Å². The second-order valence-electron chi connectivity index (χ2n) is 8.79. The molecule has 13 heteroatoms. The van der Waals surface area contributed by atoms with E-state index in [-0.39, 0.29) is 24.6 Å². The maximum Gasteiger partial charge on any atom is 0.326 e. The molecule has 13 nitrogen and oxygen atoms in total. The molecule has 0 heterocycles. The summed E-state index contributed by atoms with van der Waals surface area (Å²) in [6, 6.07) is 1.78. The van der Waals surface area contributed by atoms with Gasteiger partial charge in [0.1, 0.15) is 23.9 Å². The molecule has 0 aliphatic carbocycles. The molecular weight excluding hydrogens is 470 g/mol. The number of phenols is 1. The first-order chi connectivity index (χ1) is 16.8. The van der Waals surface area contributed by atoms with Gasteiger partial charge in [-0.25, -0.2) is 4.79 Å². The maximum atomic E-state index is 12.9. The SMILES string of the molecule is CC(NC(=O)C(N)CCCN=C(N)N)C(=O)NC(Cc1ccc(O)cc1)C(=O)NC(C(=O)O)C(C)C. The predicted molar refractivity (Wildman–Crippen MR) is 134 cm³/mol. The van der Waals surface area contributed by atoms with Gasteiger partial charge in [-0.3, -0.25) is 19.4 Å². The zero-order valence-corrected chi connectivity index (χ0v) is 20.7. The molecule has 3 amide bonds. The molecule has 0 radical (unpaired) electrons. The first-order valence-corrected chi connectivity index (χ1v) is 11.5. The van der Waals surface area contributed by atoms with Crippen molar-refractivity contribution in [2.75, 3.05) is 6.54 Å². The van der Waals surface area contributed by atoms with Crippen LogP contribution < -0.4 is 33.2 Å². The van der Waals surface area contributed by atoms with Crippen LogP contribution in [0.25, 0.3) is 0 Å². The van der Waals surface area contributed by atoms with Gasteiger partial charge in [-0.1, -0.05) is 26.0 Å². The summed E-state index contributed by atoms with van der Waals surface area (Å²) >= 11 is 0. The number of guanidine groups is 1. The Kier molecular flexibility index (Phi) is 12.2. The van der Waals surface area contributed by atoms with Crippen molar-refractivity contribution in [2.24, 2.45) is 28.1 Å². The molecule has 4 unspecified atom stereocenters. The summed E-state index contributed by atoms with van der Waals surface area (Å²) in [6.45, 7) is 5.03. The lowest BCUT2D eigenvalue weighted by Gasteiger charge is -2.25. The Balaban J connectivity index is 2.87. The number of aromatic hydroxyl groups is 1. The number of amides is 3. The highest BCUT2D eigenvalue weighted by atomic mass is 16.4. The molecule has 4 atom stereocenters. The van der Waals surface area contributed by atoms with Gasteiger partial charge in [0, 0.05) is 13.0 Å². The van der Waals surface area contributed by atoms with E-state index in [0.29, 0.717) is 18.5 Å². The third-order valence-electron chi connectivity index (χ3n) is 5.30. The molecule has 36 heavy (non-hydrogen) atoms. The number of phenolic OH excluding ortho intramolecular Hbond substituents is 1. The third kappa shape index (κ3) is 10.6. The molecule has 1 rings (SSSR count). The molecule has 1 aromatic carbocycles. The van der Waals surface area contributed by atoms with Crippen molar-refractivity contribution < 1.29 is 29.4 Å².